The summed E-state index contributed by atoms with van der Waals surface area (Å²) < 4.78 is 16.5. The Labute approximate surface area is 167 Å². The number of pyridine rings is 1. The molecular weight excluding hydrogens is 374 g/mol. The highest BCUT2D eigenvalue weighted by Gasteiger charge is 2.15. The Kier molecular flexibility index (Phi) is 6.47. The number of hydrogen-bond donors (Lipinski definition) is 2. The van der Waals surface area contributed by atoms with Crippen LogP contribution in [0.4, 0.5) is 0 Å². The molecule has 29 heavy (non-hydrogen) atoms. The predicted molar refractivity (Wildman–Crippen MR) is 105 cm³/mol. The van der Waals surface area contributed by atoms with Gasteiger partial charge in [-0.05, 0) is 44.2 Å². The van der Waals surface area contributed by atoms with Crippen LogP contribution in [-0.2, 0) is 6.61 Å². The summed E-state index contributed by atoms with van der Waals surface area (Å²) in [6, 6.07) is 10.1. The van der Waals surface area contributed by atoms with Crippen molar-refractivity contribution in [3.05, 3.63) is 77.5 Å². The molecule has 0 spiro atoms. The van der Waals surface area contributed by atoms with Crippen LogP contribution in [0.5, 0.6) is 11.5 Å². The third kappa shape index (κ3) is 5.13. The van der Waals surface area contributed by atoms with Gasteiger partial charge in [0.05, 0.1) is 18.4 Å². The van der Waals surface area contributed by atoms with Crippen molar-refractivity contribution in [3.63, 3.8) is 0 Å². The van der Waals surface area contributed by atoms with Crippen LogP contribution in [0.2, 0.25) is 0 Å². The van der Waals surface area contributed by atoms with E-state index >= 15 is 0 Å². The molecule has 0 bridgehead atoms. The third-order valence-corrected chi connectivity index (χ3v) is 4.02. The number of amides is 2. The molecule has 3 rings (SSSR count). The summed E-state index contributed by atoms with van der Waals surface area (Å²) in [7, 11) is 0. The number of carbonyl (C=O) groups excluding carboxylic acids is 2. The molecule has 3 aromatic rings. The number of aryl methyl sites for hydroxylation is 1. The molecule has 8 heteroatoms. The number of hydrazine groups is 1. The van der Waals surface area contributed by atoms with Crippen LogP contribution in [0.25, 0.3) is 0 Å². The summed E-state index contributed by atoms with van der Waals surface area (Å²) in [5.41, 5.74) is 6.30. The molecule has 0 aliphatic heterocycles. The second-order valence-electron chi connectivity index (χ2n) is 6.04. The Bertz CT molecular complexity index is 985. The Morgan fingerprint density at radius 1 is 1.07 bits per heavy atom. The lowest BCUT2D eigenvalue weighted by Crippen LogP contribution is -2.41. The lowest BCUT2D eigenvalue weighted by atomic mass is 10.2. The number of aromatic nitrogens is 1. The Morgan fingerprint density at radius 2 is 1.90 bits per heavy atom. The highest BCUT2D eigenvalue weighted by Crippen LogP contribution is 2.29. The van der Waals surface area contributed by atoms with Crippen molar-refractivity contribution in [2.45, 2.75) is 20.5 Å². The first-order valence-corrected chi connectivity index (χ1v) is 9.01. The fourth-order valence-electron chi connectivity index (χ4n) is 2.56. The Morgan fingerprint density at radius 3 is 2.59 bits per heavy atom. The van der Waals surface area contributed by atoms with Gasteiger partial charge in [-0.2, -0.15) is 0 Å². The van der Waals surface area contributed by atoms with E-state index in [1.54, 1.807) is 37.5 Å². The second kappa shape index (κ2) is 9.41. The summed E-state index contributed by atoms with van der Waals surface area (Å²) in [5.74, 6) is 0.446. The number of rotatable bonds is 7. The van der Waals surface area contributed by atoms with E-state index in [0.29, 0.717) is 41.6 Å². The van der Waals surface area contributed by atoms with Crippen molar-refractivity contribution >= 4 is 11.8 Å². The van der Waals surface area contributed by atoms with E-state index in [4.69, 9.17) is 13.9 Å². The number of furan rings is 1. The molecule has 0 radical (unpaired) electrons. The van der Waals surface area contributed by atoms with E-state index in [1.165, 1.54) is 12.3 Å². The van der Waals surface area contributed by atoms with E-state index < -0.39 is 11.8 Å². The number of ether oxygens (including phenoxy) is 2. The molecule has 8 nitrogen and oxygen atoms in total. The third-order valence-electron chi connectivity index (χ3n) is 4.02. The molecule has 0 saturated carbocycles. The quantitative estimate of drug-likeness (QED) is 0.596. The maximum atomic E-state index is 12.4. The van der Waals surface area contributed by atoms with Gasteiger partial charge in [0.1, 0.15) is 12.4 Å². The standard InChI is InChI=1S/C21H21N3O5/c1-3-27-19-11-16(6-7-18(19)29-13-15-5-4-9-22-12-15)20(25)23-24-21(26)17-8-10-28-14(17)2/h4-12H,3,13H2,1-2H3,(H,23,25)(H,24,26). The van der Waals surface area contributed by atoms with Gasteiger partial charge in [-0.1, -0.05) is 6.07 Å². The van der Waals surface area contributed by atoms with E-state index in [2.05, 4.69) is 15.8 Å². The second-order valence-corrected chi connectivity index (χ2v) is 6.04. The molecule has 0 saturated heterocycles. The molecule has 0 unspecified atom stereocenters. The smallest absolute Gasteiger partial charge is 0.273 e. The van der Waals surface area contributed by atoms with Crippen molar-refractivity contribution in [1.82, 2.24) is 15.8 Å². The summed E-state index contributed by atoms with van der Waals surface area (Å²) in [6.45, 7) is 4.23. The Balaban J connectivity index is 1.65. The number of hydrogen-bond acceptors (Lipinski definition) is 6. The zero-order chi connectivity index (χ0) is 20.6. The van der Waals surface area contributed by atoms with Crippen molar-refractivity contribution in [3.8, 4) is 11.5 Å². The van der Waals surface area contributed by atoms with Gasteiger partial charge in [0, 0.05) is 23.5 Å². The normalized spacial score (nSPS) is 10.3. The van der Waals surface area contributed by atoms with Crippen molar-refractivity contribution in [2.75, 3.05) is 6.61 Å². The average molecular weight is 395 g/mol. The summed E-state index contributed by atoms with van der Waals surface area (Å²) >= 11 is 0. The number of nitrogens with one attached hydrogen (secondary N) is 2. The van der Waals surface area contributed by atoms with E-state index in [-0.39, 0.29) is 0 Å². The van der Waals surface area contributed by atoms with Gasteiger partial charge in [0.2, 0.25) is 0 Å². The topological polar surface area (TPSA) is 103 Å². The molecule has 0 fully saturated rings. The van der Waals surface area contributed by atoms with Gasteiger partial charge in [-0.3, -0.25) is 25.4 Å². The van der Waals surface area contributed by atoms with E-state index in [9.17, 15) is 9.59 Å². The molecular formula is C21H21N3O5. The van der Waals surface area contributed by atoms with Crippen LogP contribution in [-0.4, -0.2) is 23.4 Å². The van der Waals surface area contributed by atoms with Crippen LogP contribution in [0.15, 0.2) is 59.5 Å². The molecule has 0 aliphatic carbocycles. The monoisotopic (exact) mass is 395 g/mol. The highest BCUT2D eigenvalue weighted by atomic mass is 16.5. The Hall–Kier alpha value is -3.81. The average Bonchev–Trinajstić information content (AvgIpc) is 3.17. The minimum absolute atomic E-state index is 0.311. The first-order chi connectivity index (χ1) is 14.1. The molecule has 0 aliphatic rings. The number of nitrogens with zero attached hydrogens (tertiary/aromatic N) is 1. The molecule has 1 aromatic carbocycles. The molecule has 150 valence electrons. The van der Waals surface area contributed by atoms with Crippen LogP contribution < -0.4 is 20.3 Å². The van der Waals surface area contributed by atoms with E-state index in [1.807, 2.05) is 19.1 Å². The van der Waals surface area contributed by atoms with Crippen molar-refractivity contribution in [1.29, 1.82) is 0 Å². The van der Waals surface area contributed by atoms with Gasteiger partial charge in [-0.15, -0.1) is 0 Å². The summed E-state index contributed by atoms with van der Waals surface area (Å²) in [4.78, 5) is 28.5. The lowest BCUT2D eigenvalue weighted by Gasteiger charge is -2.13. The zero-order valence-corrected chi connectivity index (χ0v) is 16.1. The van der Waals surface area contributed by atoms with E-state index in [0.717, 1.165) is 5.56 Å². The molecule has 2 heterocycles. The fraction of sp³-hybridized carbons (Fsp3) is 0.190. The maximum absolute atomic E-state index is 12.4. The maximum Gasteiger partial charge on any atom is 0.273 e. The molecule has 2 aromatic heterocycles. The predicted octanol–water partition coefficient (Wildman–Crippen LogP) is 3.04. The van der Waals surface area contributed by atoms with Crippen LogP contribution in [0, 0.1) is 6.92 Å². The summed E-state index contributed by atoms with van der Waals surface area (Å²) in [6.07, 6.45) is 4.81. The summed E-state index contributed by atoms with van der Waals surface area (Å²) in [5, 5.41) is 0. The van der Waals surface area contributed by atoms with Crippen molar-refractivity contribution < 1.29 is 23.5 Å². The highest BCUT2D eigenvalue weighted by molar-refractivity contribution is 5.99. The van der Waals surface area contributed by atoms with Gasteiger partial charge in [0.15, 0.2) is 11.5 Å². The zero-order valence-electron chi connectivity index (χ0n) is 16.1. The number of carbonyl (C=O) groups is 2. The van der Waals surface area contributed by atoms with Crippen LogP contribution in [0.1, 0.15) is 39.0 Å². The lowest BCUT2D eigenvalue weighted by molar-refractivity contribution is 0.0845. The van der Waals surface area contributed by atoms with Crippen LogP contribution >= 0.6 is 0 Å². The first-order valence-electron chi connectivity index (χ1n) is 9.01. The van der Waals surface area contributed by atoms with Gasteiger partial charge in [0.25, 0.3) is 11.8 Å². The molecule has 0 atom stereocenters. The fourth-order valence-corrected chi connectivity index (χ4v) is 2.56. The largest absolute Gasteiger partial charge is 0.490 e. The SMILES string of the molecule is CCOc1cc(C(=O)NNC(=O)c2ccoc2C)ccc1OCc1cccnc1. The first kappa shape index (κ1) is 19.9. The molecule has 2 amide bonds. The minimum Gasteiger partial charge on any atom is -0.490 e. The molecule has 2 N–H and O–H groups in total. The van der Waals surface area contributed by atoms with Crippen molar-refractivity contribution in [2.24, 2.45) is 0 Å². The van der Waals surface area contributed by atoms with Gasteiger partial charge in [-0.25, -0.2) is 0 Å². The van der Waals surface area contributed by atoms with Gasteiger partial charge < -0.3 is 13.9 Å². The minimum atomic E-state index is -0.487. The van der Waals surface area contributed by atoms with Crippen LogP contribution in [0.3, 0.4) is 0 Å². The number of benzene rings is 1. The van der Waals surface area contributed by atoms with Gasteiger partial charge >= 0.3 is 0 Å².